The Morgan fingerprint density at radius 2 is 0.633 bits per heavy atom. The van der Waals surface area contributed by atoms with Crippen LogP contribution in [0, 0.1) is 11.8 Å². The molecule has 0 spiro atoms. The SMILES string of the molecule is CCCCCCCCC(CO)CCCCCCCC.CCCCCCCCC(CO)CCCCCCCC.O=C(O)CCSCCC(=O)O. The Morgan fingerprint density at radius 1 is 0.408 bits per heavy atom. The predicted molar refractivity (Wildman–Crippen MR) is 215 cm³/mol. The molecule has 49 heavy (non-hydrogen) atoms. The third-order valence-electron chi connectivity index (χ3n) is 9.30. The molecule has 4 N–H and O–H groups in total. The number of hydrogen-bond acceptors (Lipinski definition) is 5. The number of carboxylic acid groups (broad SMARTS) is 2. The Hall–Kier alpha value is -0.790. The van der Waals surface area contributed by atoms with Gasteiger partial charge in [-0.15, -0.1) is 0 Å². The molecule has 0 aliphatic carbocycles. The second-order valence-corrected chi connectivity index (χ2v) is 15.4. The van der Waals surface area contributed by atoms with Crippen molar-refractivity contribution in [3.8, 4) is 0 Å². The fourth-order valence-electron chi connectivity index (χ4n) is 5.93. The van der Waals surface area contributed by atoms with Gasteiger partial charge in [0.05, 0.1) is 12.8 Å². The monoisotopic (exact) mass is 719 g/mol. The maximum Gasteiger partial charge on any atom is 0.304 e. The molecular weight excluding hydrogens is 633 g/mol. The molecule has 0 heterocycles. The average molecular weight is 719 g/mol. The molecule has 6 nitrogen and oxygen atoms in total. The van der Waals surface area contributed by atoms with Crippen molar-refractivity contribution in [1.29, 1.82) is 0 Å². The first-order chi connectivity index (χ1) is 23.8. The lowest BCUT2D eigenvalue weighted by atomic mass is 9.95. The van der Waals surface area contributed by atoms with E-state index in [1.807, 2.05) is 0 Å². The molecule has 0 rings (SSSR count). The van der Waals surface area contributed by atoms with Crippen LogP contribution in [0.15, 0.2) is 0 Å². The normalized spacial score (nSPS) is 10.9. The van der Waals surface area contributed by atoms with Gasteiger partial charge in [-0.1, -0.05) is 182 Å². The molecular formula is C42H86O6S. The first kappa shape index (κ1) is 52.6. The maximum atomic E-state index is 9.97. The second kappa shape index (κ2) is 47.2. The van der Waals surface area contributed by atoms with Gasteiger partial charge in [-0.2, -0.15) is 11.8 Å². The molecule has 0 aromatic heterocycles. The standard InChI is InChI=1S/2C18H38O.C6H10O4S/c2*1-3-5-7-9-11-13-15-18(17-19)16-14-12-10-8-6-4-2;7-5(8)1-3-11-4-2-6(9)10/h2*18-19H,3-17H2,1-2H3;1-4H2,(H,7,8)(H,9,10). The predicted octanol–water partition coefficient (Wildman–Crippen LogP) is 12.9. The summed E-state index contributed by atoms with van der Waals surface area (Å²) in [5.74, 6) is 0.459. The highest BCUT2D eigenvalue weighted by Crippen LogP contribution is 2.20. The van der Waals surface area contributed by atoms with Gasteiger partial charge in [-0.3, -0.25) is 9.59 Å². The summed E-state index contributed by atoms with van der Waals surface area (Å²) in [6.45, 7) is 9.88. The molecule has 0 saturated heterocycles. The van der Waals surface area contributed by atoms with Gasteiger partial charge in [-0.05, 0) is 37.5 Å². The molecule has 0 fully saturated rings. The molecule has 0 radical (unpaired) electrons. The van der Waals surface area contributed by atoms with Crippen LogP contribution >= 0.6 is 11.8 Å². The Balaban J connectivity index is -0.000000673. The van der Waals surface area contributed by atoms with Crippen LogP contribution in [-0.2, 0) is 9.59 Å². The van der Waals surface area contributed by atoms with E-state index in [1.165, 1.54) is 192 Å². The zero-order chi connectivity index (χ0) is 37.1. The molecule has 0 amide bonds. The lowest BCUT2D eigenvalue weighted by molar-refractivity contribution is -0.137. The van der Waals surface area contributed by atoms with E-state index < -0.39 is 11.9 Å². The summed E-state index contributed by atoms with van der Waals surface area (Å²) >= 11 is 1.35. The molecule has 0 bridgehead atoms. The van der Waals surface area contributed by atoms with E-state index in [0.29, 0.717) is 36.6 Å². The van der Waals surface area contributed by atoms with Crippen LogP contribution in [0.2, 0.25) is 0 Å². The van der Waals surface area contributed by atoms with Crippen LogP contribution in [0.1, 0.15) is 220 Å². The van der Waals surface area contributed by atoms with Crippen molar-refractivity contribution in [2.24, 2.45) is 11.8 Å². The van der Waals surface area contributed by atoms with Crippen molar-refractivity contribution in [2.75, 3.05) is 24.7 Å². The van der Waals surface area contributed by atoms with Gasteiger partial charge < -0.3 is 20.4 Å². The molecule has 0 atom stereocenters. The van der Waals surface area contributed by atoms with Crippen molar-refractivity contribution in [3.63, 3.8) is 0 Å². The molecule has 0 aliphatic rings. The second-order valence-electron chi connectivity index (χ2n) is 14.2. The van der Waals surface area contributed by atoms with E-state index in [-0.39, 0.29) is 12.8 Å². The van der Waals surface area contributed by atoms with Crippen LogP contribution < -0.4 is 0 Å². The highest BCUT2D eigenvalue weighted by molar-refractivity contribution is 7.99. The van der Waals surface area contributed by atoms with Crippen molar-refractivity contribution >= 4 is 23.7 Å². The minimum atomic E-state index is -0.840. The largest absolute Gasteiger partial charge is 0.481 e. The topological polar surface area (TPSA) is 115 Å². The highest BCUT2D eigenvalue weighted by atomic mass is 32.2. The minimum absolute atomic E-state index is 0.101. The summed E-state index contributed by atoms with van der Waals surface area (Å²) in [5, 5.41) is 35.2. The number of aliphatic hydroxyl groups excluding tert-OH is 2. The van der Waals surface area contributed by atoms with Gasteiger partial charge in [0.15, 0.2) is 0 Å². The summed E-state index contributed by atoms with van der Waals surface area (Å²) < 4.78 is 0. The van der Waals surface area contributed by atoms with E-state index in [4.69, 9.17) is 10.2 Å². The van der Waals surface area contributed by atoms with Crippen LogP contribution in [-0.4, -0.2) is 57.1 Å². The lowest BCUT2D eigenvalue weighted by Crippen LogP contribution is -2.06. The number of carbonyl (C=O) groups is 2. The van der Waals surface area contributed by atoms with Gasteiger partial charge in [0, 0.05) is 24.7 Å². The van der Waals surface area contributed by atoms with Crippen LogP contribution in [0.5, 0.6) is 0 Å². The Kier molecular flexibility index (Phi) is 50.6. The van der Waals surface area contributed by atoms with E-state index in [9.17, 15) is 19.8 Å². The Morgan fingerprint density at radius 3 is 0.837 bits per heavy atom. The number of hydrogen-bond donors (Lipinski definition) is 4. The third-order valence-corrected chi connectivity index (χ3v) is 10.3. The van der Waals surface area contributed by atoms with Crippen molar-refractivity contribution in [3.05, 3.63) is 0 Å². The van der Waals surface area contributed by atoms with Gasteiger partial charge in [0.25, 0.3) is 0 Å². The van der Waals surface area contributed by atoms with E-state index in [0.717, 1.165) is 0 Å². The number of unbranched alkanes of at least 4 members (excludes halogenated alkanes) is 20. The summed E-state index contributed by atoms with van der Waals surface area (Å²) in [5.41, 5.74) is 0. The fourth-order valence-corrected chi connectivity index (χ4v) is 6.77. The van der Waals surface area contributed by atoms with Gasteiger partial charge in [0.2, 0.25) is 0 Å². The molecule has 0 saturated carbocycles. The molecule has 7 heteroatoms. The first-order valence-electron chi connectivity index (χ1n) is 21.1. The Bertz CT molecular complexity index is 548. The summed E-state index contributed by atoms with van der Waals surface area (Å²) in [7, 11) is 0. The van der Waals surface area contributed by atoms with Crippen LogP contribution in [0.3, 0.4) is 0 Å². The number of aliphatic carboxylic acids is 2. The van der Waals surface area contributed by atoms with E-state index >= 15 is 0 Å². The van der Waals surface area contributed by atoms with Crippen molar-refractivity contribution < 1.29 is 30.0 Å². The van der Waals surface area contributed by atoms with Gasteiger partial charge in [0.1, 0.15) is 0 Å². The number of thioether (sulfide) groups is 1. The van der Waals surface area contributed by atoms with Crippen LogP contribution in [0.4, 0.5) is 0 Å². The van der Waals surface area contributed by atoms with Crippen LogP contribution in [0.25, 0.3) is 0 Å². The number of rotatable bonds is 36. The first-order valence-corrected chi connectivity index (χ1v) is 22.2. The summed E-state index contributed by atoms with van der Waals surface area (Å²) in [4.78, 5) is 19.9. The quantitative estimate of drug-likeness (QED) is 0.0477. The zero-order valence-electron chi connectivity index (χ0n) is 33.2. The minimum Gasteiger partial charge on any atom is -0.481 e. The van der Waals surface area contributed by atoms with Gasteiger partial charge >= 0.3 is 11.9 Å². The lowest BCUT2D eigenvalue weighted by Gasteiger charge is -2.13. The summed E-state index contributed by atoms with van der Waals surface area (Å²) in [6.07, 6.45) is 38.0. The molecule has 0 unspecified atom stereocenters. The van der Waals surface area contributed by atoms with E-state index in [2.05, 4.69) is 27.7 Å². The Labute approximate surface area is 309 Å². The smallest absolute Gasteiger partial charge is 0.304 e. The molecule has 0 aliphatic heterocycles. The zero-order valence-corrected chi connectivity index (χ0v) is 34.0. The van der Waals surface area contributed by atoms with Crippen molar-refractivity contribution in [1.82, 2.24) is 0 Å². The third kappa shape index (κ3) is 51.7. The van der Waals surface area contributed by atoms with Crippen molar-refractivity contribution in [2.45, 2.75) is 220 Å². The highest BCUT2D eigenvalue weighted by Gasteiger charge is 2.08. The summed E-state index contributed by atoms with van der Waals surface area (Å²) in [6, 6.07) is 0. The average Bonchev–Trinajstić information content (AvgIpc) is 3.09. The molecule has 0 aromatic rings. The fraction of sp³-hybridized carbons (Fsp3) is 0.952. The maximum absolute atomic E-state index is 9.97. The molecule has 296 valence electrons. The van der Waals surface area contributed by atoms with Gasteiger partial charge in [-0.25, -0.2) is 0 Å². The van der Waals surface area contributed by atoms with E-state index in [1.54, 1.807) is 0 Å². The molecule has 0 aromatic carbocycles. The number of aliphatic hydroxyl groups is 2. The number of carboxylic acids is 2.